The summed E-state index contributed by atoms with van der Waals surface area (Å²) in [5.74, 6) is 0.239. The molecule has 1 aliphatic rings. The van der Waals surface area contributed by atoms with Crippen molar-refractivity contribution in [3.05, 3.63) is 28.2 Å². The molecule has 1 aliphatic heterocycles. The predicted molar refractivity (Wildman–Crippen MR) is 60.3 cm³/mol. The van der Waals surface area contributed by atoms with Gasteiger partial charge < -0.3 is 5.32 Å². The molecule has 74 valence electrons. The number of fused-ring (bicyclic) bond motifs is 1. The zero-order chi connectivity index (χ0) is 10.1. The Balaban J connectivity index is 2.38. The minimum atomic E-state index is 0.112. The highest BCUT2D eigenvalue weighted by Crippen LogP contribution is 2.27. The summed E-state index contributed by atoms with van der Waals surface area (Å²) in [6.45, 7) is 1.97. The summed E-state index contributed by atoms with van der Waals surface area (Å²) in [5.41, 5.74) is 2.18. The predicted octanol–water partition coefficient (Wildman–Crippen LogP) is 2.97. The van der Waals surface area contributed by atoms with Crippen molar-refractivity contribution in [1.82, 2.24) is 0 Å². The van der Waals surface area contributed by atoms with Crippen LogP contribution in [-0.4, -0.2) is 5.91 Å². The van der Waals surface area contributed by atoms with Crippen LogP contribution in [0.5, 0.6) is 0 Å². The topological polar surface area (TPSA) is 29.1 Å². The normalized spacial score (nSPS) is 21.0. The molecule has 1 N–H and O–H groups in total. The largest absolute Gasteiger partial charge is 0.326 e. The van der Waals surface area contributed by atoms with Crippen LogP contribution in [0.4, 0.5) is 5.69 Å². The van der Waals surface area contributed by atoms with Gasteiger partial charge in [-0.05, 0) is 30.5 Å². The fourth-order valence-corrected chi connectivity index (χ4v) is 2.00. The summed E-state index contributed by atoms with van der Waals surface area (Å²) < 4.78 is 1.01. The lowest BCUT2D eigenvalue weighted by Crippen LogP contribution is -2.18. The zero-order valence-electron chi connectivity index (χ0n) is 8.01. The number of rotatable bonds is 0. The SMILES string of the molecule is CC1CCc2ccc(Br)cc2NC1=O. The number of benzene rings is 1. The Bertz CT molecular complexity index is 376. The molecule has 2 nitrogen and oxygen atoms in total. The minimum absolute atomic E-state index is 0.112. The van der Waals surface area contributed by atoms with Crippen molar-refractivity contribution < 1.29 is 4.79 Å². The van der Waals surface area contributed by atoms with E-state index in [0.29, 0.717) is 0 Å². The second kappa shape index (κ2) is 3.73. The first-order chi connectivity index (χ1) is 6.66. The van der Waals surface area contributed by atoms with Gasteiger partial charge in [-0.1, -0.05) is 28.9 Å². The summed E-state index contributed by atoms with van der Waals surface area (Å²) >= 11 is 3.40. The third-order valence-electron chi connectivity index (χ3n) is 2.62. The molecule has 0 radical (unpaired) electrons. The van der Waals surface area contributed by atoms with Crippen molar-refractivity contribution in [3.63, 3.8) is 0 Å². The van der Waals surface area contributed by atoms with Crippen LogP contribution in [0.2, 0.25) is 0 Å². The van der Waals surface area contributed by atoms with Crippen molar-refractivity contribution in [2.24, 2.45) is 5.92 Å². The summed E-state index contributed by atoms with van der Waals surface area (Å²) in [6, 6.07) is 6.05. The van der Waals surface area contributed by atoms with Crippen molar-refractivity contribution in [1.29, 1.82) is 0 Å². The average molecular weight is 254 g/mol. The van der Waals surface area contributed by atoms with E-state index in [2.05, 4.69) is 27.3 Å². The van der Waals surface area contributed by atoms with Crippen molar-refractivity contribution in [2.75, 3.05) is 5.32 Å². The van der Waals surface area contributed by atoms with Crippen molar-refractivity contribution >= 4 is 27.5 Å². The van der Waals surface area contributed by atoms with Crippen LogP contribution in [0.1, 0.15) is 18.9 Å². The molecule has 0 aliphatic carbocycles. The molecule has 2 rings (SSSR count). The van der Waals surface area contributed by atoms with E-state index in [1.165, 1.54) is 5.56 Å². The lowest BCUT2D eigenvalue weighted by molar-refractivity contribution is -0.119. The highest BCUT2D eigenvalue weighted by Gasteiger charge is 2.19. The number of hydrogen-bond donors (Lipinski definition) is 1. The van der Waals surface area contributed by atoms with Gasteiger partial charge in [0.2, 0.25) is 5.91 Å². The molecule has 1 aromatic rings. The number of carbonyl (C=O) groups excluding carboxylic acids is 1. The molecule has 0 fully saturated rings. The number of hydrogen-bond acceptors (Lipinski definition) is 1. The number of anilines is 1. The van der Waals surface area contributed by atoms with Gasteiger partial charge in [-0.25, -0.2) is 0 Å². The first-order valence-electron chi connectivity index (χ1n) is 4.76. The number of amides is 1. The third kappa shape index (κ3) is 1.82. The maximum absolute atomic E-state index is 11.6. The lowest BCUT2D eigenvalue weighted by atomic mass is 10.0. The number of halogens is 1. The highest BCUT2D eigenvalue weighted by atomic mass is 79.9. The average Bonchev–Trinajstić information content (AvgIpc) is 2.27. The quantitative estimate of drug-likeness (QED) is 0.757. The van der Waals surface area contributed by atoms with Crippen LogP contribution in [0, 0.1) is 5.92 Å². The maximum Gasteiger partial charge on any atom is 0.227 e. The van der Waals surface area contributed by atoms with E-state index >= 15 is 0 Å². The van der Waals surface area contributed by atoms with Gasteiger partial charge in [0.15, 0.2) is 0 Å². The standard InChI is InChI=1S/C11H12BrNO/c1-7-2-3-8-4-5-9(12)6-10(8)13-11(7)14/h4-7H,2-3H2,1H3,(H,13,14). The molecule has 1 heterocycles. The smallest absolute Gasteiger partial charge is 0.227 e. The summed E-state index contributed by atoms with van der Waals surface area (Å²) in [5, 5.41) is 2.94. The molecule has 3 heteroatoms. The zero-order valence-corrected chi connectivity index (χ0v) is 9.60. The van der Waals surface area contributed by atoms with Crippen molar-refractivity contribution in [2.45, 2.75) is 19.8 Å². The Morgan fingerprint density at radius 3 is 3.07 bits per heavy atom. The van der Waals surface area contributed by atoms with Crippen LogP contribution >= 0.6 is 15.9 Å². The van der Waals surface area contributed by atoms with Gasteiger partial charge in [-0.3, -0.25) is 4.79 Å². The molecule has 0 aromatic heterocycles. The summed E-state index contributed by atoms with van der Waals surface area (Å²) in [4.78, 5) is 11.6. The molecule has 14 heavy (non-hydrogen) atoms. The fraction of sp³-hybridized carbons (Fsp3) is 0.364. The molecule has 0 saturated carbocycles. The maximum atomic E-state index is 11.6. The van der Waals surface area contributed by atoms with Gasteiger partial charge in [0.05, 0.1) is 0 Å². The molecular formula is C11H12BrNO. The molecule has 1 aromatic carbocycles. The van der Waals surface area contributed by atoms with Crippen LogP contribution in [0.15, 0.2) is 22.7 Å². The minimum Gasteiger partial charge on any atom is -0.326 e. The van der Waals surface area contributed by atoms with Gasteiger partial charge in [-0.15, -0.1) is 0 Å². The summed E-state index contributed by atoms with van der Waals surface area (Å²) in [6.07, 6.45) is 1.91. The van der Waals surface area contributed by atoms with Gasteiger partial charge in [0, 0.05) is 16.1 Å². The van der Waals surface area contributed by atoms with E-state index in [4.69, 9.17) is 0 Å². The summed E-state index contributed by atoms with van der Waals surface area (Å²) in [7, 11) is 0. The molecule has 1 unspecified atom stereocenters. The number of nitrogens with one attached hydrogen (secondary N) is 1. The van der Waals surface area contributed by atoms with Crippen LogP contribution in [0.3, 0.4) is 0 Å². The molecule has 1 amide bonds. The van der Waals surface area contributed by atoms with Crippen LogP contribution < -0.4 is 5.32 Å². The van der Waals surface area contributed by atoms with E-state index in [1.54, 1.807) is 0 Å². The van der Waals surface area contributed by atoms with Crippen LogP contribution in [0.25, 0.3) is 0 Å². The molecule has 1 atom stereocenters. The molecule has 0 spiro atoms. The highest BCUT2D eigenvalue weighted by molar-refractivity contribution is 9.10. The fourth-order valence-electron chi connectivity index (χ4n) is 1.64. The lowest BCUT2D eigenvalue weighted by Gasteiger charge is -2.07. The second-order valence-electron chi connectivity index (χ2n) is 3.73. The number of aryl methyl sites for hydroxylation is 1. The van der Waals surface area contributed by atoms with Gasteiger partial charge in [-0.2, -0.15) is 0 Å². The first-order valence-corrected chi connectivity index (χ1v) is 5.55. The second-order valence-corrected chi connectivity index (χ2v) is 4.65. The monoisotopic (exact) mass is 253 g/mol. The third-order valence-corrected chi connectivity index (χ3v) is 3.12. The molecule has 0 saturated heterocycles. The molecular weight excluding hydrogens is 242 g/mol. The Hall–Kier alpha value is -0.830. The number of carbonyl (C=O) groups is 1. The van der Waals surface area contributed by atoms with E-state index in [9.17, 15) is 4.79 Å². The van der Waals surface area contributed by atoms with E-state index in [0.717, 1.165) is 23.0 Å². The Morgan fingerprint density at radius 1 is 1.50 bits per heavy atom. The van der Waals surface area contributed by atoms with Crippen LogP contribution in [-0.2, 0) is 11.2 Å². The first kappa shape index (κ1) is 9.71. The van der Waals surface area contributed by atoms with E-state index < -0.39 is 0 Å². The Morgan fingerprint density at radius 2 is 2.29 bits per heavy atom. The Labute approximate surface area is 91.8 Å². The molecule has 0 bridgehead atoms. The van der Waals surface area contributed by atoms with Gasteiger partial charge >= 0.3 is 0 Å². The van der Waals surface area contributed by atoms with E-state index in [-0.39, 0.29) is 11.8 Å². The van der Waals surface area contributed by atoms with Crippen molar-refractivity contribution in [3.8, 4) is 0 Å². The van der Waals surface area contributed by atoms with Gasteiger partial charge in [0.25, 0.3) is 0 Å². The van der Waals surface area contributed by atoms with E-state index in [1.807, 2.05) is 19.1 Å². The Kier molecular flexibility index (Phi) is 2.59. The van der Waals surface area contributed by atoms with Gasteiger partial charge in [0.1, 0.15) is 0 Å².